The molecule has 7 nitrogen and oxygen atoms in total. The zero-order valence-electron chi connectivity index (χ0n) is 16.0. The van der Waals surface area contributed by atoms with E-state index in [0.29, 0.717) is 35.1 Å². The summed E-state index contributed by atoms with van der Waals surface area (Å²) in [6.07, 6.45) is 6.36. The van der Waals surface area contributed by atoms with Crippen LogP contribution in [0.1, 0.15) is 34.8 Å². The van der Waals surface area contributed by atoms with Crippen LogP contribution < -0.4 is 5.32 Å². The van der Waals surface area contributed by atoms with E-state index in [1.165, 1.54) is 12.3 Å². The maximum atomic E-state index is 12.5. The summed E-state index contributed by atoms with van der Waals surface area (Å²) in [5.74, 6) is -0.373. The third-order valence-corrected chi connectivity index (χ3v) is 5.57. The van der Waals surface area contributed by atoms with Crippen LogP contribution >= 0.6 is 11.6 Å². The van der Waals surface area contributed by atoms with Crippen LogP contribution in [0.5, 0.6) is 0 Å². The fraction of sp³-hybridized carbons (Fsp3) is 0.333. The number of halogens is 1. The summed E-state index contributed by atoms with van der Waals surface area (Å²) in [6.45, 7) is 4.55. The molecule has 0 bridgehead atoms. The monoisotopic (exact) mass is 412 g/mol. The highest BCUT2D eigenvalue weighted by Gasteiger charge is 2.51. The Balaban J connectivity index is 1.70. The van der Waals surface area contributed by atoms with Gasteiger partial charge >= 0.3 is 0 Å². The van der Waals surface area contributed by atoms with Gasteiger partial charge in [-0.25, -0.2) is 4.98 Å². The van der Waals surface area contributed by atoms with E-state index >= 15 is 0 Å². The van der Waals surface area contributed by atoms with E-state index in [0.717, 1.165) is 18.4 Å². The maximum absolute atomic E-state index is 12.5. The second-order valence-electron chi connectivity index (χ2n) is 7.33. The second kappa shape index (κ2) is 7.57. The number of ether oxygens (including phenoxy) is 1. The lowest BCUT2D eigenvalue weighted by molar-refractivity contribution is -0.143. The molecule has 3 heterocycles. The van der Waals surface area contributed by atoms with Crippen molar-refractivity contribution < 1.29 is 14.3 Å². The van der Waals surface area contributed by atoms with Gasteiger partial charge in [0.15, 0.2) is 0 Å². The van der Waals surface area contributed by atoms with Crippen LogP contribution in [-0.4, -0.2) is 52.5 Å². The van der Waals surface area contributed by atoms with Crippen LogP contribution in [0.4, 0.5) is 0 Å². The Labute approximate surface area is 173 Å². The van der Waals surface area contributed by atoms with Crippen molar-refractivity contribution in [2.45, 2.75) is 24.5 Å². The Kier molecular flexibility index (Phi) is 5.10. The largest absolute Gasteiger partial charge is 0.371 e. The highest BCUT2D eigenvalue weighted by Crippen LogP contribution is 2.46. The van der Waals surface area contributed by atoms with Gasteiger partial charge in [0.1, 0.15) is 5.15 Å². The first-order valence-corrected chi connectivity index (χ1v) is 9.74. The van der Waals surface area contributed by atoms with E-state index in [-0.39, 0.29) is 23.5 Å². The van der Waals surface area contributed by atoms with Crippen LogP contribution in [0, 0.1) is 0 Å². The lowest BCUT2D eigenvalue weighted by Crippen LogP contribution is -2.48. The Bertz CT molecular complexity index is 990. The third-order valence-electron chi connectivity index (χ3n) is 5.37. The van der Waals surface area contributed by atoms with Crippen LogP contribution in [0.3, 0.4) is 0 Å². The number of carbonyl (C=O) groups excluding carboxylic acids is 2. The lowest BCUT2D eigenvalue weighted by atomic mass is 10.0. The van der Waals surface area contributed by atoms with Crippen molar-refractivity contribution in [3.8, 4) is 11.3 Å². The van der Waals surface area contributed by atoms with Crippen molar-refractivity contribution in [2.24, 2.45) is 0 Å². The number of rotatable bonds is 4. The molecule has 0 aromatic carbocycles. The average molecular weight is 413 g/mol. The van der Waals surface area contributed by atoms with Gasteiger partial charge in [0.05, 0.1) is 36.1 Å². The summed E-state index contributed by atoms with van der Waals surface area (Å²) in [4.78, 5) is 34.8. The van der Waals surface area contributed by atoms with Crippen molar-refractivity contribution in [2.75, 3.05) is 20.2 Å². The van der Waals surface area contributed by atoms with Gasteiger partial charge in [0.25, 0.3) is 5.91 Å². The number of morpholine rings is 1. The van der Waals surface area contributed by atoms with Gasteiger partial charge < -0.3 is 15.0 Å². The van der Waals surface area contributed by atoms with Crippen LogP contribution in [0.15, 0.2) is 43.2 Å². The van der Waals surface area contributed by atoms with Crippen molar-refractivity contribution in [1.29, 1.82) is 0 Å². The predicted molar refractivity (Wildman–Crippen MR) is 108 cm³/mol. The lowest BCUT2D eigenvalue weighted by Gasteiger charge is -2.40. The molecule has 1 aliphatic heterocycles. The number of nitrogens with zero attached hydrogens (tertiary/aromatic N) is 3. The molecular weight excluding hydrogens is 392 g/mol. The summed E-state index contributed by atoms with van der Waals surface area (Å²) in [7, 11) is 1.56. The maximum Gasteiger partial charge on any atom is 0.252 e. The SMILES string of the molecule is C=CC(=O)N1CC2(CC2)OC[C@@H]1c1cc(Cl)nc(-c2cncc(C(=O)NC)c2)c1. The molecule has 0 unspecified atom stereocenters. The third kappa shape index (κ3) is 3.88. The minimum atomic E-state index is -0.291. The fourth-order valence-electron chi connectivity index (χ4n) is 3.58. The van der Waals surface area contributed by atoms with Gasteiger partial charge in [-0.05, 0) is 42.7 Å². The average Bonchev–Trinajstić information content (AvgIpc) is 3.50. The Hall–Kier alpha value is -2.77. The van der Waals surface area contributed by atoms with Crippen molar-refractivity contribution in [3.63, 3.8) is 0 Å². The van der Waals surface area contributed by atoms with E-state index in [1.54, 1.807) is 30.3 Å². The molecule has 1 saturated carbocycles. The molecule has 0 radical (unpaired) electrons. The molecule has 1 spiro atoms. The molecule has 1 saturated heterocycles. The first-order valence-electron chi connectivity index (χ1n) is 9.37. The molecule has 2 aliphatic rings. The number of amides is 2. The minimum absolute atomic E-state index is 0.137. The molecule has 1 N–H and O–H groups in total. The minimum Gasteiger partial charge on any atom is -0.371 e. The molecule has 2 aromatic heterocycles. The quantitative estimate of drug-likeness (QED) is 0.616. The summed E-state index contributed by atoms with van der Waals surface area (Å²) in [5, 5.41) is 2.87. The predicted octanol–water partition coefficient (Wildman–Crippen LogP) is 2.78. The van der Waals surface area contributed by atoms with Crippen LogP contribution in [-0.2, 0) is 9.53 Å². The van der Waals surface area contributed by atoms with Crippen molar-refractivity contribution in [1.82, 2.24) is 20.2 Å². The second-order valence-corrected chi connectivity index (χ2v) is 7.72. The molecule has 2 fully saturated rings. The smallest absolute Gasteiger partial charge is 0.252 e. The Morgan fingerprint density at radius 1 is 1.34 bits per heavy atom. The highest BCUT2D eigenvalue weighted by molar-refractivity contribution is 6.29. The van der Waals surface area contributed by atoms with E-state index in [2.05, 4.69) is 21.9 Å². The van der Waals surface area contributed by atoms with Gasteiger partial charge in [-0.3, -0.25) is 14.6 Å². The summed E-state index contributed by atoms with van der Waals surface area (Å²) >= 11 is 6.30. The first-order chi connectivity index (χ1) is 13.9. The molecule has 1 atom stereocenters. The number of aromatic nitrogens is 2. The molecule has 8 heteroatoms. The van der Waals surface area contributed by atoms with E-state index in [9.17, 15) is 9.59 Å². The number of hydrogen-bond acceptors (Lipinski definition) is 5. The highest BCUT2D eigenvalue weighted by atomic mass is 35.5. The molecule has 2 amide bonds. The van der Waals surface area contributed by atoms with Gasteiger partial charge in [-0.1, -0.05) is 18.2 Å². The van der Waals surface area contributed by atoms with E-state index in [4.69, 9.17) is 16.3 Å². The zero-order chi connectivity index (χ0) is 20.6. The summed E-state index contributed by atoms with van der Waals surface area (Å²) < 4.78 is 6.06. The molecular formula is C21H21ClN4O3. The Morgan fingerprint density at radius 3 is 2.83 bits per heavy atom. The molecule has 29 heavy (non-hydrogen) atoms. The first kappa shape index (κ1) is 19.5. The topological polar surface area (TPSA) is 84.4 Å². The van der Waals surface area contributed by atoms with Gasteiger partial charge in [-0.2, -0.15) is 0 Å². The van der Waals surface area contributed by atoms with E-state index < -0.39 is 0 Å². The zero-order valence-corrected chi connectivity index (χ0v) is 16.8. The number of carbonyl (C=O) groups is 2. The van der Waals surface area contributed by atoms with Crippen LogP contribution in [0.2, 0.25) is 5.15 Å². The Morgan fingerprint density at radius 2 is 2.14 bits per heavy atom. The molecule has 2 aromatic rings. The van der Waals surface area contributed by atoms with Gasteiger partial charge in [0, 0.05) is 25.0 Å². The van der Waals surface area contributed by atoms with Crippen molar-refractivity contribution in [3.05, 3.63) is 59.5 Å². The van der Waals surface area contributed by atoms with Crippen LogP contribution in [0.25, 0.3) is 11.3 Å². The molecule has 150 valence electrons. The number of hydrogen-bond donors (Lipinski definition) is 1. The number of nitrogens with one attached hydrogen (secondary N) is 1. The fourth-order valence-corrected chi connectivity index (χ4v) is 3.80. The standard InChI is InChI=1S/C21H21ClN4O3/c1-3-19(27)26-12-21(4-5-21)29-11-17(26)13-7-16(25-18(22)8-13)14-6-15(10-24-9-14)20(28)23-2/h3,6-10,17H,1,4-5,11-12H2,2H3,(H,23,28)/t17-/m1/s1. The normalized spacial score (nSPS) is 19.7. The number of pyridine rings is 2. The van der Waals surface area contributed by atoms with E-state index in [1.807, 2.05) is 6.07 Å². The van der Waals surface area contributed by atoms with Gasteiger partial charge in [0.2, 0.25) is 5.91 Å². The molecule has 4 rings (SSSR count). The van der Waals surface area contributed by atoms with Crippen molar-refractivity contribution >= 4 is 23.4 Å². The van der Waals surface area contributed by atoms with Gasteiger partial charge in [-0.15, -0.1) is 0 Å². The molecule has 1 aliphatic carbocycles. The summed E-state index contributed by atoms with van der Waals surface area (Å²) in [5.41, 5.74) is 2.26. The summed E-state index contributed by atoms with van der Waals surface area (Å²) in [6, 6.07) is 5.01.